The number of benzene rings is 1. The topological polar surface area (TPSA) is 107 Å². The number of nitrogens with two attached hydrogens (primary N) is 1. The first-order valence-corrected chi connectivity index (χ1v) is 10.7. The van der Waals surface area contributed by atoms with Crippen LogP contribution in [-0.2, 0) is 21.4 Å². The number of hydrogen-bond donors (Lipinski definition) is 2. The molecule has 7 nitrogen and oxygen atoms in total. The van der Waals surface area contributed by atoms with Crippen molar-refractivity contribution in [2.24, 2.45) is 11.1 Å². The van der Waals surface area contributed by atoms with Gasteiger partial charge in [0.2, 0.25) is 15.9 Å². The molecule has 2 rings (SSSR count). The SMILES string of the molecule is Cc1nc(SCC(=O)Nc2cccc(S(N)(=O)=O)c2)n(CC(C)C)c1C. The maximum Gasteiger partial charge on any atom is 0.238 e. The van der Waals surface area contributed by atoms with Crippen molar-refractivity contribution in [3.05, 3.63) is 35.7 Å². The van der Waals surface area contributed by atoms with E-state index in [0.29, 0.717) is 11.6 Å². The molecule has 0 saturated carbocycles. The Labute approximate surface area is 158 Å². The quantitative estimate of drug-likeness (QED) is 0.699. The second-order valence-electron chi connectivity index (χ2n) is 6.48. The van der Waals surface area contributed by atoms with Crippen LogP contribution in [-0.4, -0.2) is 29.6 Å². The van der Waals surface area contributed by atoms with Crippen LogP contribution in [0.4, 0.5) is 5.69 Å². The molecule has 1 aromatic heterocycles. The van der Waals surface area contributed by atoms with Gasteiger partial charge in [-0.15, -0.1) is 0 Å². The highest BCUT2D eigenvalue weighted by Crippen LogP contribution is 2.23. The number of aromatic nitrogens is 2. The fourth-order valence-corrected chi connectivity index (χ4v) is 3.85. The highest BCUT2D eigenvalue weighted by atomic mass is 32.2. The third kappa shape index (κ3) is 5.33. The minimum Gasteiger partial charge on any atom is -0.325 e. The van der Waals surface area contributed by atoms with Gasteiger partial charge in [0.05, 0.1) is 16.3 Å². The van der Waals surface area contributed by atoms with E-state index in [0.717, 1.165) is 23.1 Å². The van der Waals surface area contributed by atoms with Crippen LogP contribution >= 0.6 is 11.8 Å². The first-order chi connectivity index (χ1) is 12.1. The molecule has 1 heterocycles. The smallest absolute Gasteiger partial charge is 0.238 e. The van der Waals surface area contributed by atoms with Gasteiger partial charge in [0.1, 0.15) is 0 Å². The Morgan fingerprint density at radius 3 is 2.65 bits per heavy atom. The first-order valence-electron chi connectivity index (χ1n) is 8.17. The van der Waals surface area contributed by atoms with Gasteiger partial charge in [-0.1, -0.05) is 31.7 Å². The molecule has 0 fully saturated rings. The summed E-state index contributed by atoms with van der Waals surface area (Å²) in [6.45, 7) is 9.08. The van der Waals surface area contributed by atoms with Crippen molar-refractivity contribution < 1.29 is 13.2 Å². The summed E-state index contributed by atoms with van der Waals surface area (Å²) in [5.74, 6) is 0.403. The molecule has 9 heteroatoms. The molecule has 0 unspecified atom stereocenters. The Balaban J connectivity index is 2.05. The van der Waals surface area contributed by atoms with E-state index in [9.17, 15) is 13.2 Å². The molecule has 26 heavy (non-hydrogen) atoms. The molecule has 142 valence electrons. The van der Waals surface area contributed by atoms with Gasteiger partial charge in [0.25, 0.3) is 0 Å². The second kappa shape index (κ2) is 8.24. The van der Waals surface area contributed by atoms with Gasteiger partial charge in [-0.3, -0.25) is 4.79 Å². The van der Waals surface area contributed by atoms with Crippen molar-refractivity contribution in [3.63, 3.8) is 0 Å². The molecule has 2 aromatic rings. The van der Waals surface area contributed by atoms with Crippen molar-refractivity contribution in [3.8, 4) is 0 Å². The lowest BCUT2D eigenvalue weighted by atomic mass is 10.2. The van der Waals surface area contributed by atoms with E-state index in [2.05, 4.69) is 28.7 Å². The largest absolute Gasteiger partial charge is 0.325 e. The van der Waals surface area contributed by atoms with Crippen molar-refractivity contribution in [1.82, 2.24) is 9.55 Å². The van der Waals surface area contributed by atoms with Gasteiger partial charge in [-0.25, -0.2) is 18.5 Å². The van der Waals surface area contributed by atoms with Crippen LogP contribution in [0.25, 0.3) is 0 Å². The Morgan fingerprint density at radius 1 is 1.35 bits per heavy atom. The highest BCUT2D eigenvalue weighted by Gasteiger charge is 2.15. The average Bonchev–Trinajstić information content (AvgIpc) is 2.80. The molecule has 0 aliphatic rings. The number of amides is 1. The molecule has 0 saturated heterocycles. The van der Waals surface area contributed by atoms with E-state index in [1.54, 1.807) is 6.07 Å². The zero-order valence-electron chi connectivity index (χ0n) is 15.3. The van der Waals surface area contributed by atoms with E-state index in [1.165, 1.54) is 30.0 Å². The lowest BCUT2D eigenvalue weighted by molar-refractivity contribution is -0.113. The molecule has 0 aliphatic heterocycles. The predicted molar refractivity (Wildman–Crippen MR) is 104 cm³/mol. The van der Waals surface area contributed by atoms with E-state index in [1.807, 2.05) is 13.8 Å². The molecule has 0 bridgehead atoms. The standard InChI is InChI=1S/C17H24N4O3S2/c1-11(2)9-21-13(4)12(3)19-17(21)25-10-16(22)20-14-6-5-7-15(8-14)26(18,23)24/h5-8,11H,9-10H2,1-4H3,(H,20,22)(H2,18,23,24). The second-order valence-corrected chi connectivity index (χ2v) is 8.98. The number of primary sulfonamides is 1. The van der Waals surface area contributed by atoms with Crippen LogP contribution in [0.15, 0.2) is 34.3 Å². The average molecular weight is 397 g/mol. The van der Waals surface area contributed by atoms with Crippen LogP contribution in [0, 0.1) is 19.8 Å². The molecule has 1 amide bonds. The summed E-state index contributed by atoms with van der Waals surface area (Å²) in [6.07, 6.45) is 0. The summed E-state index contributed by atoms with van der Waals surface area (Å²) >= 11 is 1.36. The number of sulfonamides is 1. The molecule has 1 aromatic carbocycles. The lowest BCUT2D eigenvalue weighted by Gasteiger charge is -2.12. The molecule has 0 radical (unpaired) electrons. The van der Waals surface area contributed by atoms with Gasteiger partial charge in [0.15, 0.2) is 5.16 Å². The van der Waals surface area contributed by atoms with Gasteiger partial charge in [0, 0.05) is 17.9 Å². The van der Waals surface area contributed by atoms with Crippen molar-refractivity contribution in [2.75, 3.05) is 11.1 Å². The Bertz CT molecular complexity index is 905. The van der Waals surface area contributed by atoms with E-state index < -0.39 is 10.0 Å². The summed E-state index contributed by atoms with van der Waals surface area (Å²) in [7, 11) is -3.81. The summed E-state index contributed by atoms with van der Waals surface area (Å²) in [4.78, 5) is 16.7. The monoisotopic (exact) mass is 396 g/mol. The lowest BCUT2D eigenvalue weighted by Crippen LogP contribution is -2.16. The molecule has 0 atom stereocenters. The number of rotatable bonds is 7. The van der Waals surface area contributed by atoms with Crippen LogP contribution in [0.1, 0.15) is 25.2 Å². The normalized spacial score (nSPS) is 11.8. The first kappa shape index (κ1) is 20.5. The minimum atomic E-state index is -3.81. The molecular formula is C17H24N4O3S2. The number of thioether (sulfide) groups is 1. The zero-order valence-corrected chi connectivity index (χ0v) is 16.9. The number of imidazole rings is 1. The molecule has 0 spiro atoms. The molecule has 3 N–H and O–H groups in total. The van der Waals surface area contributed by atoms with Crippen LogP contribution in [0.2, 0.25) is 0 Å². The van der Waals surface area contributed by atoms with Gasteiger partial charge < -0.3 is 9.88 Å². The van der Waals surface area contributed by atoms with E-state index in [-0.39, 0.29) is 16.6 Å². The minimum absolute atomic E-state index is 0.0401. The Morgan fingerprint density at radius 2 is 2.04 bits per heavy atom. The van der Waals surface area contributed by atoms with E-state index >= 15 is 0 Å². The summed E-state index contributed by atoms with van der Waals surface area (Å²) < 4.78 is 24.9. The van der Waals surface area contributed by atoms with Gasteiger partial charge in [-0.2, -0.15) is 0 Å². The van der Waals surface area contributed by atoms with Crippen LogP contribution in [0.5, 0.6) is 0 Å². The summed E-state index contributed by atoms with van der Waals surface area (Å²) in [6, 6.07) is 5.87. The molecular weight excluding hydrogens is 372 g/mol. The zero-order chi connectivity index (χ0) is 19.5. The third-order valence-electron chi connectivity index (χ3n) is 3.75. The van der Waals surface area contributed by atoms with Crippen LogP contribution < -0.4 is 10.5 Å². The fourth-order valence-electron chi connectivity index (χ4n) is 2.39. The number of anilines is 1. The van der Waals surface area contributed by atoms with Crippen molar-refractivity contribution >= 4 is 33.4 Å². The Kier molecular flexibility index (Phi) is 6.48. The van der Waals surface area contributed by atoms with Gasteiger partial charge in [-0.05, 0) is 38.0 Å². The van der Waals surface area contributed by atoms with Crippen molar-refractivity contribution in [1.29, 1.82) is 0 Å². The van der Waals surface area contributed by atoms with E-state index in [4.69, 9.17) is 5.14 Å². The highest BCUT2D eigenvalue weighted by molar-refractivity contribution is 7.99. The summed E-state index contributed by atoms with van der Waals surface area (Å²) in [5, 5.41) is 8.61. The Hall–Kier alpha value is -1.84. The fraction of sp³-hybridized carbons (Fsp3) is 0.412. The third-order valence-corrected chi connectivity index (χ3v) is 5.64. The number of nitrogens with one attached hydrogen (secondary N) is 1. The number of carbonyl (C=O) groups is 1. The number of nitrogens with zero attached hydrogens (tertiary/aromatic N) is 2. The number of aryl methyl sites for hydroxylation is 1. The number of carbonyl (C=O) groups excluding carboxylic acids is 1. The van der Waals surface area contributed by atoms with Crippen LogP contribution in [0.3, 0.4) is 0 Å². The summed E-state index contributed by atoms with van der Waals surface area (Å²) in [5.41, 5.74) is 2.44. The number of hydrogen-bond acceptors (Lipinski definition) is 5. The van der Waals surface area contributed by atoms with Crippen molar-refractivity contribution in [2.45, 2.75) is 44.3 Å². The molecule has 0 aliphatic carbocycles. The van der Waals surface area contributed by atoms with Gasteiger partial charge >= 0.3 is 0 Å². The maximum atomic E-state index is 12.2. The maximum absolute atomic E-state index is 12.2. The predicted octanol–water partition coefficient (Wildman–Crippen LogP) is 2.53.